The summed E-state index contributed by atoms with van der Waals surface area (Å²) >= 11 is 0. The summed E-state index contributed by atoms with van der Waals surface area (Å²) in [6.07, 6.45) is 25.9. The van der Waals surface area contributed by atoms with Gasteiger partial charge in [-0.25, -0.2) is 0 Å². The zero-order chi connectivity index (χ0) is 11.2. The van der Waals surface area contributed by atoms with Gasteiger partial charge in [-0.1, -0.05) is 61.1 Å². The molecule has 0 nitrogen and oxygen atoms in total. The highest BCUT2D eigenvalue weighted by molar-refractivity contribution is 5.10. The highest BCUT2D eigenvalue weighted by atomic mass is 13.8. The van der Waals surface area contributed by atoms with E-state index in [0.29, 0.717) is 0 Å². The molecular formula is C15H18. The van der Waals surface area contributed by atoms with E-state index in [2.05, 4.69) is 42.9 Å². The molecule has 15 heavy (non-hydrogen) atoms. The smallest absolute Gasteiger partial charge is 0.0158 e. The monoisotopic (exact) mass is 198 g/mol. The first-order valence-electron chi connectivity index (χ1n) is 5.10. The average molecular weight is 198 g/mol. The standard InChI is InChI=1S/C15H18/c1-3-5-7-9-11-13-15-14-12-10-8-6-4-2/h1,4-8,11-14H,2,9-10,15H2/b7-5+,8-6+,13-11+,14-12+. The highest BCUT2D eigenvalue weighted by Gasteiger charge is 1.72. The summed E-state index contributed by atoms with van der Waals surface area (Å²) in [6.45, 7) is 3.60. The Morgan fingerprint density at radius 1 is 0.867 bits per heavy atom. The summed E-state index contributed by atoms with van der Waals surface area (Å²) < 4.78 is 0. The summed E-state index contributed by atoms with van der Waals surface area (Å²) in [4.78, 5) is 0. The lowest BCUT2D eigenvalue weighted by molar-refractivity contribution is 1.28. The predicted molar refractivity (Wildman–Crippen MR) is 69.4 cm³/mol. The Labute approximate surface area is 93.4 Å². The first-order valence-corrected chi connectivity index (χ1v) is 5.10. The van der Waals surface area contributed by atoms with Crippen LogP contribution in [0.5, 0.6) is 0 Å². The topological polar surface area (TPSA) is 0 Å². The minimum absolute atomic E-state index is 0.911. The molecule has 78 valence electrons. The van der Waals surface area contributed by atoms with E-state index in [0.717, 1.165) is 19.3 Å². The number of allylic oxidation sites excluding steroid dienone is 9. The van der Waals surface area contributed by atoms with Gasteiger partial charge in [0.15, 0.2) is 0 Å². The molecule has 0 aromatic carbocycles. The minimum Gasteiger partial charge on any atom is -0.115 e. The van der Waals surface area contributed by atoms with Crippen LogP contribution < -0.4 is 0 Å². The lowest BCUT2D eigenvalue weighted by Crippen LogP contribution is -1.62. The van der Waals surface area contributed by atoms with E-state index in [4.69, 9.17) is 6.42 Å². The van der Waals surface area contributed by atoms with E-state index in [1.807, 2.05) is 12.2 Å². The third kappa shape index (κ3) is 12.3. The summed E-state index contributed by atoms with van der Waals surface area (Å²) in [7, 11) is 0. The van der Waals surface area contributed by atoms with Gasteiger partial charge in [-0.3, -0.25) is 0 Å². The number of rotatable bonds is 7. The molecule has 0 spiro atoms. The van der Waals surface area contributed by atoms with Crippen molar-refractivity contribution in [1.29, 1.82) is 0 Å². The Bertz CT molecular complexity index is 292. The number of terminal acetylenes is 1. The molecule has 0 bridgehead atoms. The molecule has 0 aliphatic carbocycles. The molecule has 0 radical (unpaired) electrons. The van der Waals surface area contributed by atoms with Crippen LogP contribution in [-0.4, -0.2) is 0 Å². The van der Waals surface area contributed by atoms with Gasteiger partial charge in [-0.2, -0.15) is 0 Å². The van der Waals surface area contributed by atoms with E-state index < -0.39 is 0 Å². The normalized spacial score (nSPS) is 11.9. The predicted octanol–water partition coefficient (Wildman–Crippen LogP) is 4.20. The zero-order valence-electron chi connectivity index (χ0n) is 9.10. The number of hydrogen-bond acceptors (Lipinski definition) is 0. The van der Waals surface area contributed by atoms with Gasteiger partial charge < -0.3 is 0 Å². The SMILES string of the molecule is C#C/C=C/C/C=C/C/C=C/C/C=C/C=C. The van der Waals surface area contributed by atoms with Crippen LogP contribution in [0.15, 0.2) is 61.3 Å². The van der Waals surface area contributed by atoms with Crippen molar-refractivity contribution in [2.24, 2.45) is 0 Å². The molecule has 0 atom stereocenters. The van der Waals surface area contributed by atoms with Crippen LogP contribution in [0.1, 0.15) is 19.3 Å². The first kappa shape index (κ1) is 13.3. The van der Waals surface area contributed by atoms with Gasteiger partial charge in [0.05, 0.1) is 0 Å². The summed E-state index contributed by atoms with van der Waals surface area (Å²) in [5.74, 6) is 2.45. The van der Waals surface area contributed by atoms with Crippen molar-refractivity contribution in [2.45, 2.75) is 19.3 Å². The van der Waals surface area contributed by atoms with Crippen LogP contribution >= 0.6 is 0 Å². The van der Waals surface area contributed by atoms with Gasteiger partial charge in [0.2, 0.25) is 0 Å². The van der Waals surface area contributed by atoms with Crippen molar-refractivity contribution in [1.82, 2.24) is 0 Å². The van der Waals surface area contributed by atoms with E-state index in [1.165, 1.54) is 0 Å². The highest BCUT2D eigenvalue weighted by Crippen LogP contribution is 1.93. The van der Waals surface area contributed by atoms with Gasteiger partial charge in [-0.15, -0.1) is 6.42 Å². The quantitative estimate of drug-likeness (QED) is 0.327. The van der Waals surface area contributed by atoms with Crippen molar-refractivity contribution >= 4 is 0 Å². The molecule has 0 saturated carbocycles. The van der Waals surface area contributed by atoms with E-state index in [1.54, 1.807) is 12.2 Å². The molecule has 0 saturated heterocycles. The maximum absolute atomic E-state index is 5.06. The van der Waals surface area contributed by atoms with Crippen molar-refractivity contribution in [3.05, 3.63) is 61.3 Å². The van der Waals surface area contributed by atoms with Crippen molar-refractivity contribution in [2.75, 3.05) is 0 Å². The van der Waals surface area contributed by atoms with Crippen LogP contribution in [0, 0.1) is 12.3 Å². The molecule has 0 rings (SSSR count). The van der Waals surface area contributed by atoms with Crippen molar-refractivity contribution < 1.29 is 0 Å². The van der Waals surface area contributed by atoms with Gasteiger partial charge in [0.1, 0.15) is 0 Å². The van der Waals surface area contributed by atoms with Crippen LogP contribution in [0.3, 0.4) is 0 Å². The lowest BCUT2D eigenvalue weighted by Gasteiger charge is -1.83. The van der Waals surface area contributed by atoms with Gasteiger partial charge in [0.25, 0.3) is 0 Å². The largest absolute Gasteiger partial charge is 0.115 e. The zero-order valence-corrected chi connectivity index (χ0v) is 9.10. The number of hydrogen-bond donors (Lipinski definition) is 0. The molecule has 0 heterocycles. The Hall–Kier alpha value is -1.74. The molecule has 0 aromatic heterocycles. The van der Waals surface area contributed by atoms with Crippen LogP contribution in [0.4, 0.5) is 0 Å². The third-order valence-corrected chi connectivity index (χ3v) is 1.64. The maximum atomic E-state index is 5.06. The lowest BCUT2D eigenvalue weighted by atomic mass is 10.2. The second kappa shape index (κ2) is 12.3. The molecular weight excluding hydrogens is 180 g/mol. The summed E-state index contributed by atoms with van der Waals surface area (Å²) in [5.41, 5.74) is 0. The molecule has 0 aromatic rings. The fourth-order valence-corrected chi connectivity index (χ4v) is 0.931. The van der Waals surface area contributed by atoms with E-state index in [-0.39, 0.29) is 0 Å². The third-order valence-electron chi connectivity index (χ3n) is 1.64. The van der Waals surface area contributed by atoms with Gasteiger partial charge in [0, 0.05) is 0 Å². The first-order chi connectivity index (χ1) is 7.41. The van der Waals surface area contributed by atoms with Crippen LogP contribution in [-0.2, 0) is 0 Å². The Balaban J connectivity index is 3.44. The average Bonchev–Trinajstić information content (AvgIpc) is 2.26. The van der Waals surface area contributed by atoms with E-state index in [9.17, 15) is 0 Å². The molecule has 0 aliphatic heterocycles. The van der Waals surface area contributed by atoms with E-state index >= 15 is 0 Å². The maximum Gasteiger partial charge on any atom is -0.0158 e. The van der Waals surface area contributed by atoms with Gasteiger partial charge >= 0.3 is 0 Å². The van der Waals surface area contributed by atoms with Crippen LogP contribution in [0.25, 0.3) is 0 Å². The molecule has 0 unspecified atom stereocenters. The molecule has 0 amide bonds. The molecule has 0 aliphatic rings. The van der Waals surface area contributed by atoms with Crippen molar-refractivity contribution in [3.8, 4) is 12.3 Å². The second-order valence-electron chi connectivity index (χ2n) is 2.88. The minimum atomic E-state index is 0.911. The summed E-state index contributed by atoms with van der Waals surface area (Å²) in [6, 6.07) is 0. The molecule has 0 heteroatoms. The summed E-state index contributed by atoms with van der Waals surface area (Å²) in [5, 5.41) is 0. The van der Waals surface area contributed by atoms with Crippen molar-refractivity contribution in [3.63, 3.8) is 0 Å². The fraction of sp³-hybridized carbons (Fsp3) is 0.200. The molecule has 0 N–H and O–H groups in total. The second-order valence-corrected chi connectivity index (χ2v) is 2.88. The van der Waals surface area contributed by atoms with Crippen LogP contribution in [0.2, 0.25) is 0 Å². The van der Waals surface area contributed by atoms with Gasteiger partial charge in [-0.05, 0) is 25.3 Å². The Morgan fingerprint density at radius 2 is 1.40 bits per heavy atom. The Morgan fingerprint density at radius 3 is 1.93 bits per heavy atom. The molecule has 0 fully saturated rings. The fourth-order valence-electron chi connectivity index (χ4n) is 0.931. The Kier molecular flexibility index (Phi) is 10.8.